The van der Waals surface area contributed by atoms with Gasteiger partial charge in [0.05, 0.1) is 13.2 Å². The van der Waals surface area contributed by atoms with Crippen LogP contribution in [0.1, 0.15) is 51.9 Å². The number of likely N-dealkylation sites (N-methyl/N-ethyl adjacent to an activating group) is 1. The third-order valence-electron chi connectivity index (χ3n) is 4.97. The average Bonchev–Trinajstić information content (AvgIpc) is 3.46. The zero-order valence-corrected chi connectivity index (χ0v) is 16.1. The van der Waals surface area contributed by atoms with Crippen molar-refractivity contribution in [2.45, 2.75) is 51.9 Å². The normalized spacial score (nSPS) is 18.9. The third-order valence-corrected chi connectivity index (χ3v) is 4.97. The van der Waals surface area contributed by atoms with Crippen molar-refractivity contribution in [3.05, 3.63) is 0 Å². The molecule has 0 heterocycles. The number of aliphatic imine (C=N–C) groups is 1. The molecule has 6 heteroatoms. The summed E-state index contributed by atoms with van der Waals surface area (Å²) < 4.78 is 5.70. The van der Waals surface area contributed by atoms with Gasteiger partial charge in [-0.05, 0) is 38.5 Å². The average molecular weight is 353 g/mol. The van der Waals surface area contributed by atoms with Gasteiger partial charge in [-0.3, -0.25) is 9.79 Å². The molecule has 0 bridgehead atoms. The molecule has 0 atom stereocenters. The molecule has 144 valence electrons. The zero-order valence-electron chi connectivity index (χ0n) is 16.1. The van der Waals surface area contributed by atoms with Gasteiger partial charge in [0.2, 0.25) is 5.91 Å². The highest BCUT2D eigenvalue weighted by atomic mass is 16.5. The topological polar surface area (TPSA) is 66.0 Å². The summed E-state index contributed by atoms with van der Waals surface area (Å²) in [6, 6.07) is 0. The molecule has 2 saturated carbocycles. The smallest absolute Gasteiger partial charge is 0.223 e. The van der Waals surface area contributed by atoms with Crippen LogP contribution in [0.5, 0.6) is 0 Å². The van der Waals surface area contributed by atoms with E-state index in [2.05, 4.69) is 27.4 Å². The van der Waals surface area contributed by atoms with Crippen molar-refractivity contribution in [2.75, 3.05) is 46.4 Å². The van der Waals surface area contributed by atoms with Gasteiger partial charge in [-0.2, -0.15) is 0 Å². The fraction of sp³-hybridized carbons (Fsp3) is 0.895. The number of rotatable bonds is 10. The van der Waals surface area contributed by atoms with Gasteiger partial charge in [-0.15, -0.1) is 0 Å². The summed E-state index contributed by atoms with van der Waals surface area (Å²) in [5.74, 6) is 2.11. The number of carbonyl (C=O) groups is 1. The molecule has 0 radical (unpaired) electrons. The Bertz CT molecular complexity index is 418. The quantitative estimate of drug-likeness (QED) is 0.359. The second kappa shape index (κ2) is 11.3. The maximum atomic E-state index is 12.1. The molecule has 0 aliphatic heterocycles. The SMILES string of the molecule is CCNC(=NCCNC(=O)C1CCCCC1)N(C)CCOCC1CC1. The van der Waals surface area contributed by atoms with Crippen LogP contribution in [0.3, 0.4) is 0 Å². The first-order valence-corrected chi connectivity index (χ1v) is 10.1. The van der Waals surface area contributed by atoms with Crippen LogP contribution in [0, 0.1) is 11.8 Å². The van der Waals surface area contributed by atoms with Crippen molar-refractivity contribution in [3.63, 3.8) is 0 Å². The Morgan fingerprint density at radius 1 is 1.16 bits per heavy atom. The third kappa shape index (κ3) is 8.08. The number of nitrogens with one attached hydrogen (secondary N) is 2. The van der Waals surface area contributed by atoms with Gasteiger partial charge in [-0.1, -0.05) is 19.3 Å². The predicted molar refractivity (Wildman–Crippen MR) is 102 cm³/mol. The number of ether oxygens (including phenoxy) is 1. The number of hydrogen-bond donors (Lipinski definition) is 2. The standard InChI is InChI=1S/C19H36N4O2/c1-3-20-19(23(2)13-14-25-15-16-9-10-16)22-12-11-21-18(24)17-7-5-4-6-8-17/h16-17H,3-15H2,1-2H3,(H,20,22)(H,21,24). The Morgan fingerprint density at radius 2 is 1.92 bits per heavy atom. The number of amides is 1. The van der Waals surface area contributed by atoms with Crippen molar-refractivity contribution in [2.24, 2.45) is 16.8 Å². The van der Waals surface area contributed by atoms with E-state index in [1.54, 1.807) is 0 Å². The molecule has 2 aliphatic rings. The molecule has 6 nitrogen and oxygen atoms in total. The lowest BCUT2D eigenvalue weighted by molar-refractivity contribution is -0.125. The Balaban J connectivity index is 1.63. The van der Waals surface area contributed by atoms with Crippen LogP contribution in [-0.4, -0.2) is 63.2 Å². The highest BCUT2D eigenvalue weighted by molar-refractivity contribution is 5.80. The van der Waals surface area contributed by atoms with Crippen LogP contribution in [0.25, 0.3) is 0 Å². The van der Waals surface area contributed by atoms with Crippen LogP contribution in [-0.2, 0) is 9.53 Å². The van der Waals surface area contributed by atoms with Crippen LogP contribution >= 0.6 is 0 Å². The first-order chi connectivity index (χ1) is 12.2. The summed E-state index contributed by atoms with van der Waals surface area (Å²) in [4.78, 5) is 18.8. The van der Waals surface area contributed by atoms with E-state index in [1.807, 2.05) is 7.05 Å². The molecule has 2 aliphatic carbocycles. The van der Waals surface area contributed by atoms with Crippen LogP contribution in [0.4, 0.5) is 0 Å². The lowest BCUT2D eigenvalue weighted by atomic mass is 9.89. The highest BCUT2D eigenvalue weighted by Gasteiger charge is 2.21. The number of carbonyl (C=O) groups excluding carboxylic acids is 1. The highest BCUT2D eigenvalue weighted by Crippen LogP contribution is 2.28. The molecular formula is C19H36N4O2. The zero-order chi connectivity index (χ0) is 17.9. The molecule has 2 rings (SSSR count). The summed E-state index contributed by atoms with van der Waals surface area (Å²) >= 11 is 0. The molecule has 0 saturated heterocycles. The van der Waals surface area contributed by atoms with E-state index in [0.717, 1.165) is 51.0 Å². The van der Waals surface area contributed by atoms with E-state index < -0.39 is 0 Å². The van der Waals surface area contributed by atoms with Gasteiger partial charge in [0.25, 0.3) is 0 Å². The molecule has 0 aromatic heterocycles. The van der Waals surface area contributed by atoms with Gasteiger partial charge in [0.1, 0.15) is 0 Å². The Hall–Kier alpha value is -1.30. The van der Waals surface area contributed by atoms with Crippen molar-refractivity contribution >= 4 is 11.9 Å². The molecule has 0 aromatic carbocycles. The molecule has 0 unspecified atom stereocenters. The van der Waals surface area contributed by atoms with E-state index in [0.29, 0.717) is 13.1 Å². The lowest BCUT2D eigenvalue weighted by Gasteiger charge is -2.22. The van der Waals surface area contributed by atoms with E-state index in [9.17, 15) is 4.79 Å². The largest absolute Gasteiger partial charge is 0.379 e. The van der Waals surface area contributed by atoms with Gasteiger partial charge in [0, 0.05) is 39.2 Å². The number of nitrogens with zero attached hydrogens (tertiary/aromatic N) is 2. The monoisotopic (exact) mass is 352 g/mol. The van der Waals surface area contributed by atoms with E-state index in [1.165, 1.54) is 32.1 Å². The van der Waals surface area contributed by atoms with Crippen LogP contribution in [0.15, 0.2) is 4.99 Å². The van der Waals surface area contributed by atoms with E-state index >= 15 is 0 Å². The van der Waals surface area contributed by atoms with Gasteiger partial charge >= 0.3 is 0 Å². The van der Waals surface area contributed by atoms with Crippen molar-refractivity contribution in [1.29, 1.82) is 0 Å². The molecule has 0 spiro atoms. The second-order valence-corrected chi connectivity index (χ2v) is 7.30. The maximum Gasteiger partial charge on any atom is 0.223 e. The summed E-state index contributed by atoms with van der Waals surface area (Å²) in [6.45, 7) is 6.57. The minimum Gasteiger partial charge on any atom is -0.379 e. The number of hydrogen-bond acceptors (Lipinski definition) is 3. The van der Waals surface area contributed by atoms with Gasteiger partial charge in [-0.25, -0.2) is 0 Å². The van der Waals surface area contributed by atoms with E-state index in [-0.39, 0.29) is 11.8 Å². The molecule has 2 fully saturated rings. The second-order valence-electron chi connectivity index (χ2n) is 7.30. The summed E-state index contributed by atoms with van der Waals surface area (Å²) in [5.41, 5.74) is 0. The van der Waals surface area contributed by atoms with Crippen molar-refractivity contribution in [3.8, 4) is 0 Å². The minimum absolute atomic E-state index is 0.210. The van der Waals surface area contributed by atoms with Crippen molar-refractivity contribution < 1.29 is 9.53 Å². The summed E-state index contributed by atoms with van der Waals surface area (Å²) in [5, 5.41) is 6.35. The number of guanidine groups is 1. The Labute approximate surface area is 152 Å². The summed E-state index contributed by atoms with van der Waals surface area (Å²) in [7, 11) is 2.03. The molecular weight excluding hydrogens is 316 g/mol. The lowest BCUT2D eigenvalue weighted by Crippen LogP contribution is -2.41. The van der Waals surface area contributed by atoms with Gasteiger partial charge < -0.3 is 20.3 Å². The Morgan fingerprint density at radius 3 is 2.60 bits per heavy atom. The fourth-order valence-corrected chi connectivity index (χ4v) is 3.16. The fourth-order valence-electron chi connectivity index (χ4n) is 3.16. The van der Waals surface area contributed by atoms with E-state index in [4.69, 9.17) is 4.74 Å². The van der Waals surface area contributed by atoms with Crippen molar-refractivity contribution in [1.82, 2.24) is 15.5 Å². The molecule has 0 aromatic rings. The molecule has 25 heavy (non-hydrogen) atoms. The maximum absolute atomic E-state index is 12.1. The van der Waals surface area contributed by atoms with Crippen LogP contribution < -0.4 is 10.6 Å². The first kappa shape index (κ1) is 20.0. The molecule has 1 amide bonds. The predicted octanol–water partition coefficient (Wildman–Crippen LogP) is 2.01. The summed E-state index contributed by atoms with van der Waals surface area (Å²) in [6.07, 6.45) is 8.39. The minimum atomic E-state index is 0.210. The Kier molecular flexibility index (Phi) is 9.08. The van der Waals surface area contributed by atoms with Crippen LogP contribution in [0.2, 0.25) is 0 Å². The molecule has 2 N–H and O–H groups in total. The first-order valence-electron chi connectivity index (χ1n) is 10.1. The van der Waals surface area contributed by atoms with Gasteiger partial charge in [0.15, 0.2) is 5.96 Å².